The van der Waals surface area contributed by atoms with Crippen molar-refractivity contribution in [2.75, 3.05) is 25.1 Å². The van der Waals surface area contributed by atoms with Crippen LogP contribution < -0.4 is 5.32 Å². The summed E-state index contributed by atoms with van der Waals surface area (Å²) in [6.45, 7) is 0.636. The number of rotatable bonds is 8. The number of nitrogens with zero attached hydrogens (tertiary/aromatic N) is 4. The van der Waals surface area contributed by atoms with Crippen LogP contribution in [0.3, 0.4) is 0 Å². The first-order valence-corrected chi connectivity index (χ1v) is 13.8. The minimum absolute atomic E-state index is 0.134. The summed E-state index contributed by atoms with van der Waals surface area (Å²) < 4.78 is 29.4. The first kappa shape index (κ1) is 22.3. The number of thiophene rings is 1. The summed E-state index contributed by atoms with van der Waals surface area (Å²) in [5, 5.41) is 13.4. The summed E-state index contributed by atoms with van der Waals surface area (Å²) in [6, 6.07) is 8.72. The molecule has 4 rings (SSSR count). The summed E-state index contributed by atoms with van der Waals surface area (Å²) in [4.78, 5) is 13.2. The van der Waals surface area contributed by atoms with E-state index in [2.05, 4.69) is 15.5 Å². The van der Waals surface area contributed by atoms with Crippen LogP contribution in [-0.2, 0) is 14.8 Å². The predicted molar refractivity (Wildman–Crippen MR) is 123 cm³/mol. The molecule has 0 saturated carbocycles. The number of nitrogens with one attached hydrogen (secondary N) is 1. The maximum atomic E-state index is 13.2. The monoisotopic (exact) mass is 479 g/mol. The maximum absolute atomic E-state index is 13.2. The molecule has 0 spiro atoms. The van der Waals surface area contributed by atoms with E-state index in [1.54, 1.807) is 29.3 Å². The number of piperidine rings is 1. The molecule has 1 amide bonds. The quantitative estimate of drug-likeness (QED) is 0.534. The summed E-state index contributed by atoms with van der Waals surface area (Å²) in [6.07, 6.45) is 5.95. The zero-order valence-corrected chi connectivity index (χ0v) is 19.6. The average molecular weight is 480 g/mol. The van der Waals surface area contributed by atoms with E-state index in [4.69, 9.17) is 0 Å². The van der Waals surface area contributed by atoms with Gasteiger partial charge in [0.25, 0.3) is 10.0 Å². The molecule has 0 aromatic carbocycles. The number of hydrogen-bond acceptors (Lipinski definition) is 7. The van der Waals surface area contributed by atoms with Crippen LogP contribution in [0.5, 0.6) is 0 Å². The zero-order valence-electron chi connectivity index (χ0n) is 17.2. The molecule has 3 aromatic heterocycles. The largest absolute Gasteiger partial charge is 0.346 e. The molecule has 0 radical (unpaired) electrons. The highest BCUT2D eigenvalue weighted by molar-refractivity contribution is 7.98. The second kappa shape index (κ2) is 9.68. The minimum atomic E-state index is -3.56. The average Bonchev–Trinajstić information content (AvgIpc) is 3.47. The van der Waals surface area contributed by atoms with Crippen molar-refractivity contribution < 1.29 is 13.2 Å². The van der Waals surface area contributed by atoms with Crippen molar-refractivity contribution >= 4 is 44.7 Å². The van der Waals surface area contributed by atoms with Gasteiger partial charge in [-0.15, -0.1) is 21.5 Å². The standard InChI is InChI=1S/C20H25N5O3S3/c1-29-13-9-16(19-23-22-17-7-2-3-11-25(17)19)21-20(26)15-6-4-10-24(14-15)31(27,28)18-8-5-12-30-18/h2-3,5,7-8,11-12,15-16H,4,6,9-10,13-14H2,1H3,(H,21,26). The Labute approximate surface area is 190 Å². The second-order valence-electron chi connectivity index (χ2n) is 7.46. The van der Waals surface area contributed by atoms with E-state index in [9.17, 15) is 13.2 Å². The fourth-order valence-corrected chi connectivity index (χ4v) is 6.94. The van der Waals surface area contributed by atoms with Crippen molar-refractivity contribution in [1.82, 2.24) is 24.2 Å². The third kappa shape index (κ3) is 4.79. The van der Waals surface area contributed by atoms with Crippen molar-refractivity contribution in [2.24, 2.45) is 5.92 Å². The molecule has 4 heterocycles. The number of carbonyl (C=O) groups excluding carboxylic acids is 1. The fourth-order valence-electron chi connectivity index (χ4n) is 3.80. The molecule has 3 aromatic rings. The van der Waals surface area contributed by atoms with Gasteiger partial charge in [-0.2, -0.15) is 16.1 Å². The Morgan fingerprint density at radius 3 is 2.97 bits per heavy atom. The van der Waals surface area contributed by atoms with Gasteiger partial charge in [0.15, 0.2) is 11.5 Å². The number of hydrogen-bond donors (Lipinski definition) is 1. The first-order chi connectivity index (χ1) is 15.0. The van der Waals surface area contributed by atoms with Gasteiger partial charge in [0.2, 0.25) is 5.91 Å². The molecule has 2 unspecified atom stereocenters. The Hall–Kier alpha value is -1.95. The van der Waals surface area contributed by atoms with E-state index < -0.39 is 10.0 Å². The molecular formula is C20H25N5O3S3. The van der Waals surface area contributed by atoms with Crippen LogP contribution in [0.2, 0.25) is 0 Å². The van der Waals surface area contributed by atoms with Gasteiger partial charge < -0.3 is 5.32 Å². The number of pyridine rings is 1. The summed E-state index contributed by atoms with van der Waals surface area (Å²) >= 11 is 2.90. The maximum Gasteiger partial charge on any atom is 0.252 e. The summed E-state index contributed by atoms with van der Waals surface area (Å²) in [7, 11) is -3.56. The van der Waals surface area contributed by atoms with Crippen molar-refractivity contribution in [3.63, 3.8) is 0 Å². The number of thioether (sulfide) groups is 1. The number of carbonyl (C=O) groups is 1. The SMILES string of the molecule is CSCCC(NC(=O)C1CCCN(S(=O)(=O)c2cccs2)C1)c1nnc2ccccn12. The van der Waals surface area contributed by atoms with Gasteiger partial charge in [-0.3, -0.25) is 9.20 Å². The van der Waals surface area contributed by atoms with E-state index in [1.807, 2.05) is 35.1 Å². The van der Waals surface area contributed by atoms with Gasteiger partial charge in [0.05, 0.1) is 12.0 Å². The Kier molecular flexibility index (Phi) is 6.95. The Morgan fingerprint density at radius 1 is 1.32 bits per heavy atom. The first-order valence-electron chi connectivity index (χ1n) is 10.1. The van der Waals surface area contributed by atoms with Crippen LogP contribution in [-0.4, -0.2) is 58.3 Å². The summed E-state index contributed by atoms with van der Waals surface area (Å²) in [5.74, 6) is 1.03. The van der Waals surface area contributed by atoms with E-state index in [0.29, 0.717) is 35.8 Å². The predicted octanol–water partition coefficient (Wildman–Crippen LogP) is 2.80. The van der Waals surface area contributed by atoms with E-state index in [-0.39, 0.29) is 24.4 Å². The van der Waals surface area contributed by atoms with Gasteiger partial charge in [0, 0.05) is 19.3 Å². The minimum Gasteiger partial charge on any atom is -0.346 e. The van der Waals surface area contributed by atoms with Crippen molar-refractivity contribution in [1.29, 1.82) is 0 Å². The number of aromatic nitrogens is 3. The second-order valence-corrected chi connectivity index (χ2v) is 11.6. The van der Waals surface area contributed by atoms with E-state index >= 15 is 0 Å². The van der Waals surface area contributed by atoms with Crippen molar-refractivity contribution in [2.45, 2.75) is 29.5 Å². The van der Waals surface area contributed by atoms with E-state index in [1.165, 1.54) is 15.6 Å². The highest BCUT2D eigenvalue weighted by Crippen LogP contribution is 2.27. The molecule has 0 aliphatic carbocycles. The van der Waals surface area contributed by atoms with Crippen molar-refractivity contribution in [3.8, 4) is 0 Å². The lowest BCUT2D eigenvalue weighted by molar-refractivity contribution is -0.126. The Morgan fingerprint density at radius 2 is 2.19 bits per heavy atom. The van der Waals surface area contributed by atoms with Crippen LogP contribution in [0, 0.1) is 5.92 Å². The molecular weight excluding hydrogens is 454 g/mol. The number of amides is 1. The highest BCUT2D eigenvalue weighted by atomic mass is 32.2. The van der Waals surface area contributed by atoms with Gasteiger partial charge in [-0.05, 0) is 54.9 Å². The fraction of sp³-hybridized carbons (Fsp3) is 0.450. The molecule has 2 atom stereocenters. The smallest absolute Gasteiger partial charge is 0.252 e. The normalized spacial score (nSPS) is 18.8. The third-order valence-corrected chi connectivity index (χ3v) is 9.31. The molecule has 0 bridgehead atoms. The van der Waals surface area contributed by atoms with Crippen LogP contribution in [0.4, 0.5) is 0 Å². The lowest BCUT2D eigenvalue weighted by atomic mass is 9.98. The van der Waals surface area contributed by atoms with E-state index in [0.717, 1.165) is 11.4 Å². The van der Waals surface area contributed by atoms with Crippen molar-refractivity contribution in [3.05, 3.63) is 47.7 Å². The number of sulfonamides is 1. The highest BCUT2D eigenvalue weighted by Gasteiger charge is 2.34. The van der Waals surface area contributed by atoms with Crippen LogP contribution in [0.25, 0.3) is 5.65 Å². The Balaban J connectivity index is 1.50. The van der Waals surface area contributed by atoms with Crippen LogP contribution in [0.1, 0.15) is 31.1 Å². The molecule has 31 heavy (non-hydrogen) atoms. The van der Waals surface area contributed by atoms with Gasteiger partial charge in [-0.1, -0.05) is 12.1 Å². The molecule has 166 valence electrons. The molecule has 1 aliphatic heterocycles. The third-order valence-electron chi connectivity index (χ3n) is 5.42. The van der Waals surface area contributed by atoms with Crippen LogP contribution >= 0.6 is 23.1 Å². The number of fused-ring (bicyclic) bond motifs is 1. The molecule has 1 saturated heterocycles. The molecule has 8 nitrogen and oxygen atoms in total. The van der Waals surface area contributed by atoms with Gasteiger partial charge >= 0.3 is 0 Å². The molecule has 1 aliphatic rings. The summed E-state index contributed by atoms with van der Waals surface area (Å²) in [5.41, 5.74) is 0.729. The lowest BCUT2D eigenvalue weighted by Crippen LogP contribution is -2.46. The topological polar surface area (TPSA) is 96.7 Å². The molecule has 1 fully saturated rings. The molecule has 11 heteroatoms. The van der Waals surface area contributed by atoms with Gasteiger partial charge in [-0.25, -0.2) is 8.42 Å². The van der Waals surface area contributed by atoms with Gasteiger partial charge in [0.1, 0.15) is 4.21 Å². The van der Waals surface area contributed by atoms with Crippen LogP contribution in [0.15, 0.2) is 46.1 Å². The Bertz CT molecular complexity index is 1130. The zero-order chi connectivity index (χ0) is 21.8. The molecule has 1 N–H and O–H groups in total. The lowest BCUT2D eigenvalue weighted by Gasteiger charge is -2.31.